The third kappa shape index (κ3) is 4.41. The molecule has 0 atom stereocenters. The van der Waals surface area contributed by atoms with Crippen LogP contribution in [-0.2, 0) is 13.1 Å². The van der Waals surface area contributed by atoms with Crippen molar-refractivity contribution in [3.63, 3.8) is 0 Å². The average molecular weight is 392 g/mol. The second-order valence-corrected chi connectivity index (χ2v) is 6.23. The lowest BCUT2D eigenvalue weighted by molar-refractivity contribution is -0.141. The quantitative estimate of drug-likeness (QED) is 0.642. The number of aryl methyl sites for hydroxylation is 1. The van der Waals surface area contributed by atoms with Gasteiger partial charge in [0.2, 0.25) is 0 Å². The smallest absolute Gasteiger partial charge is 0.406 e. The highest BCUT2D eigenvalue weighted by Gasteiger charge is 2.33. The van der Waals surface area contributed by atoms with E-state index in [9.17, 15) is 18.0 Å². The van der Waals surface area contributed by atoms with Crippen LogP contribution < -0.4 is 4.74 Å². The first-order valence-corrected chi connectivity index (χ1v) is 8.63. The van der Waals surface area contributed by atoms with E-state index >= 15 is 0 Å². The van der Waals surface area contributed by atoms with Crippen molar-refractivity contribution in [2.75, 3.05) is 13.7 Å². The maximum absolute atomic E-state index is 13.1. The Bertz CT molecular complexity index is 967. The number of nitrogens with zero attached hydrogens (tertiary/aromatic N) is 4. The molecule has 148 valence electrons. The Hall–Kier alpha value is -3.10. The van der Waals surface area contributed by atoms with Crippen LogP contribution in [0.4, 0.5) is 13.2 Å². The predicted molar refractivity (Wildman–Crippen MR) is 97.0 cm³/mol. The molecular formula is C19H19F3N4O2. The van der Waals surface area contributed by atoms with Crippen molar-refractivity contribution in [2.45, 2.75) is 26.2 Å². The number of alkyl halides is 3. The molecule has 0 N–H and O–H groups in total. The summed E-state index contributed by atoms with van der Waals surface area (Å²) < 4.78 is 45.9. The van der Waals surface area contributed by atoms with Crippen LogP contribution in [0.25, 0.3) is 11.0 Å². The van der Waals surface area contributed by atoms with Gasteiger partial charge in [-0.2, -0.15) is 13.2 Å². The Morgan fingerprint density at radius 2 is 1.89 bits per heavy atom. The highest BCUT2D eigenvalue weighted by Crippen LogP contribution is 2.22. The number of ether oxygens (including phenoxy) is 1. The zero-order chi connectivity index (χ0) is 20.3. The summed E-state index contributed by atoms with van der Waals surface area (Å²) in [4.78, 5) is 13.6. The molecule has 28 heavy (non-hydrogen) atoms. The molecule has 0 unspecified atom stereocenters. The van der Waals surface area contributed by atoms with Crippen LogP contribution in [0, 0.1) is 0 Å². The van der Waals surface area contributed by atoms with E-state index in [0.29, 0.717) is 23.4 Å². The van der Waals surface area contributed by atoms with Gasteiger partial charge >= 0.3 is 6.18 Å². The third-order valence-corrected chi connectivity index (χ3v) is 4.25. The number of rotatable bonds is 6. The van der Waals surface area contributed by atoms with Crippen LogP contribution in [0.1, 0.15) is 22.8 Å². The van der Waals surface area contributed by atoms with Gasteiger partial charge in [0.05, 0.1) is 12.6 Å². The van der Waals surface area contributed by atoms with E-state index in [1.165, 1.54) is 19.2 Å². The molecule has 0 aliphatic carbocycles. The number of hydrogen-bond donors (Lipinski definition) is 0. The van der Waals surface area contributed by atoms with Crippen LogP contribution in [0.5, 0.6) is 5.75 Å². The van der Waals surface area contributed by atoms with Gasteiger partial charge < -0.3 is 9.64 Å². The summed E-state index contributed by atoms with van der Waals surface area (Å²) >= 11 is 0. The molecule has 3 aromatic rings. The number of amides is 1. The standard InChI is InChI=1S/C19H19F3N4O2/c1-3-26-17-9-6-14(10-16(17)23-24-26)18(27)25(12-19(20,21)22)11-13-4-7-15(28-2)8-5-13/h4-10H,3,11-12H2,1-2H3. The van der Waals surface area contributed by atoms with Crippen LogP contribution in [0.2, 0.25) is 0 Å². The molecule has 1 aromatic heterocycles. The summed E-state index contributed by atoms with van der Waals surface area (Å²) in [5.74, 6) is -0.136. The van der Waals surface area contributed by atoms with Crippen molar-refractivity contribution in [2.24, 2.45) is 0 Å². The molecule has 1 amide bonds. The van der Waals surface area contributed by atoms with Crippen LogP contribution in [0.15, 0.2) is 42.5 Å². The Balaban J connectivity index is 1.88. The third-order valence-electron chi connectivity index (χ3n) is 4.25. The molecule has 0 radical (unpaired) electrons. The molecule has 2 aromatic carbocycles. The van der Waals surface area contributed by atoms with Gasteiger partial charge in [0.1, 0.15) is 17.8 Å². The van der Waals surface area contributed by atoms with Crippen molar-refractivity contribution in [1.82, 2.24) is 19.9 Å². The fraction of sp³-hybridized carbons (Fsp3) is 0.316. The normalized spacial score (nSPS) is 11.6. The van der Waals surface area contributed by atoms with Crippen molar-refractivity contribution in [3.05, 3.63) is 53.6 Å². The first-order chi connectivity index (χ1) is 13.3. The van der Waals surface area contributed by atoms with Crippen molar-refractivity contribution in [3.8, 4) is 5.75 Å². The first-order valence-electron chi connectivity index (χ1n) is 8.63. The summed E-state index contributed by atoms with van der Waals surface area (Å²) in [5.41, 5.74) is 1.88. The van der Waals surface area contributed by atoms with E-state index in [1.54, 1.807) is 35.0 Å². The van der Waals surface area contributed by atoms with Gasteiger partial charge in [-0.1, -0.05) is 17.3 Å². The number of aromatic nitrogens is 3. The summed E-state index contributed by atoms with van der Waals surface area (Å²) in [5, 5.41) is 7.93. The van der Waals surface area contributed by atoms with Gasteiger partial charge in [0, 0.05) is 18.7 Å². The maximum Gasteiger partial charge on any atom is 0.406 e. The SMILES string of the molecule is CCn1nnc2cc(C(=O)N(Cc3ccc(OC)cc3)CC(F)(F)F)ccc21. The topological polar surface area (TPSA) is 60.2 Å². The fourth-order valence-corrected chi connectivity index (χ4v) is 2.89. The number of hydrogen-bond acceptors (Lipinski definition) is 4. The minimum atomic E-state index is -4.52. The maximum atomic E-state index is 13.1. The number of carbonyl (C=O) groups excluding carboxylic acids is 1. The van der Waals surface area contributed by atoms with E-state index in [0.717, 1.165) is 10.4 Å². The number of fused-ring (bicyclic) bond motifs is 1. The second kappa shape index (κ2) is 7.87. The van der Waals surface area contributed by atoms with Gasteiger partial charge in [0.25, 0.3) is 5.91 Å². The van der Waals surface area contributed by atoms with Gasteiger partial charge in [-0.05, 0) is 42.8 Å². The van der Waals surface area contributed by atoms with Crippen LogP contribution in [-0.4, -0.2) is 45.6 Å². The van der Waals surface area contributed by atoms with Crippen LogP contribution >= 0.6 is 0 Å². The summed E-state index contributed by atoms with van der Waals surface area (Å²) in [7, 11) is 1.50. The largest absolute Gasteiger partial charge is 0.497 e. The molecule has 0 aliphatic rings. The van der Waals surface area contributed by atoms with Crippen LogP contribution in [0.3, 0.4) is 0 Å². The molecule has 9 heteroatoms. The lowest BCUT2D eigenvalue weighted by Crippen LogP contribution is -2.38. The molecule has 0 bridgehead atoms. The molecule has 0 spiro atoms. The highest BCUT2D eigenvalue weighted by molar-refractivity contribution is 5.97. The first kappa shape index (κ1) is 19.7. The lowest BCUT2D eigenvalue weighted by atomic mass is 10.1. The van der Waals surface area contributed by atoms with Gasteiger partial charge in [-0.25, -0.2) is 4.68 Å². The van der Waals surface area contributed by atoms with Gasteiger partial charge in [-0.3, -0.25) is 4.79 Å². The Morgan fingerprint density at radius 1 is 1.18 bits per heavy atom. The van der Waals surface area contributed by atoms with Gasteiger partial charge in [-0.15, -0.1) is 5.10 Å². The van der Waals surface area contributed by atoms with Crippen molar-refractivity contribution < 1.29 is 22.7 Å². The molecular weight excluding hydrogens is 373 g/mol. The van der Waals surface area contributed by atoms with E-state index in [1.807, 2.05) is 6.92 Å². The molecule has 0 fully saturated rings. The second-order valence-electron chi connectivity index (χ2n) is 6.23. The van der Waals surface area contributed by atoms with E-state index in [4.69, 9.17) is 4.74 Å². The minimum absolute atomic E-state index is 0.133. The van der Waals surface area contributed by atoms with E-state index in [2.05, 4.69) is 10.3 Å². The van der Waals surface area contributed by atoms with E-state index < -0.39 is 18.6 Å². The number of methoxy groups -OCH3 is 1. The lowest BCUT2D eigenvalue weighted by Gasteiger charge is -2.24. The van der Waals surface area contributed by atoms with Gasteiger partial charge in [0.15, 0.2) is 0 Å². The Morgan fingerprint density at radius 3 is 2.50 bits per heavy atom. The summed E-state index contributed by atoms with van der Waals surface area (Å²) in [6.45, 7) is 0.966. The van der Waals surface area contributed by atoms with Crippen molar-refractivity contribution in [1.29, 1.82) is 0 Å². The number of benzene rings is 2. The zero-order valence-electron chi connectivity index (χ0n) is 15.4. The average Bonchev–Trinajstić information content (AvgIpc) is 3.08. The number of halogens is 3. The predicted octanol–water partition coefficient (Wildman–Crippen LogP) is 3.66. The summed E-state index contributed by atoms with van der Waals surface area (Å²) in [6.07, 6.45) is -4.52. The van der Waals surface area contributed by atoms with Crippen molar-refractivity contribution >= 4 is 16.9 Å². The Kier molecular flexibility index (Phi) is 5.53. The monoisotopic (exact) mass is 392 g/mol. The highest BCUT2D eigenvalue weighted by atomic mass is 19.4. The molecule has 0 saturated heterocycles. The summed E-state index contributed by atoms with van der Waals surface area (Å²) in [6, 6.07) is 11.1. The van der Waals surface area contributed by atoms with E-state index in [-0.39, 0.29) is 12.1 Å². The molecule has 0 aliphatic heterocycles. The molecule has 6 nitrogen and oxygen atoms in total. The molecule has 3 rings (SSSR count). The zero-order valence-corrected chi connectivity index (χ0v) is 15.4. The number of carbonyl (C=O) groups is 1. The minimum Gasteiger partial charge on any atom is -0.497 e. The fourth-order valence-electron chi connectivity index (χ4n) is 2.89. The molecule has 1 heterocycles. The Labute approximate surface area is 159 Å². The molecule has 0 saturated carbocycles.